The Morgan fingerprint density at radius 3 is 2.77 bits per heavy atom. The van der Waals surface area contributed by atoms with Gasteiger partial charge in [-0.1, -0.05) is 19.1 Å². The summed E-state index contributed by atoms with van der Waals surface area (Å²) in [5, 5.41) is 8.12. The molecule has 0 aliphatic carbocycles. The Kier molecular flexibility index (Phi) is 7.45. The van der Waals surface area contributed by atoms with Crippen molar-refractivity contribution >= 4 is 49.7 Å². The van der Waals surface area contributed by atoms with Crippen molar-refractivity contribution in [3.63, 3.8) is 0 Å². The molecule has 2 aromatic heterocycles. The van der Waals surface area contributed by atoms with Gasteiger partial charge in [0.1, 0.15) is 0 Å². The van der Waals surface area contributed by atoms with Crippen molar-refractivity contribution in [3.8, 4) is 5.88 Å². The van der Waals surface area contributed by atoms with Gasteiger partial charge in [0.15, 0.2) is 0 Å². The van der Waals surface area contributed by atoms with Gasteiger partial charge in [-0.15, -0.1) is 11.3 Å². The zero-order valence-electron chi connectivity index (χ0n) is 20.2. The molecule has 0 bridgehead atoms. The number of ether oxygens (including phenoxy) is 1. The Bertz CT molecular complexity index is 1300. The number of pyridine rings is 1. The van der Waals surface area contributed by atoms with Crippen LogP contribution in [0.5, 0.6) is 5.88 Å². The van der Waals surface area contributed by atoms with Gasteiger partial charge in [0.25, 0.3) is 0 Å². The number of hydrogen-bond donors (Lipinski definition) is 1. The first-order valence-corrected chi connectivity index (χ1v) is 13.4. The van der Waals surface area contributed by atoms with Crippen LogP contribution >= 0.6 is 11.3 Å². The average Bonchev–Trinajstić information content (AvgIpc) is 3.38. The number of rotatable bonds is 9. The number of unbranched alkanes of at least 4 members (excludes halogenated alkanes) is 1. The molecular weight excluding hydrogens is 456 g/mol. The molecule has 3 heterocycles. The van der Waals surface area contributed by atoms with E-state index in [-0.39, 0.29) is 5.97 Å². The lowest BCUT2D eigenvalue weighted by Crippen LogP contribution is -2.46. The van der Waals surface area contributed by atoms with E-state index in [1.165, 1.54) is 22.2 Å². The monoisotopic (exact) mass is 488 g/mol. The van der Waals surface area contributed by atoms with E-state index >= 15 is 0 Å². The second kappa shape index (κ2) is 11.1. The summed E-state index contributed by atoms with van der Waals surface area (Å²) in [6, 6.07) is 18.7. The number of piperazine rings is 1. The molecule has 1 N–H and O–H groups in total. The minimum absolute atomic E-state index is 0.271. The van der Waals surface area contributed by atoms with Crippen LogP contribution in [0.25, 0.3) is 21.0 Å². The van der Waals surface area contributed by atoms with Crippen LogP contribution in [-0.4, -0.2) is 55.1 Å². The van der Waals surface area contributed by atoms with Crippen molar-refractivity contribution in [2.45, 2.75) is 26.2 Å². The molecule has 182 valence electrons. The molecule has 1 saturated heterocycles. The maximum absolute atomic E-state index is 11.5. The zero-order chi connectivity index (χ0) is 24.0. The first kappa shape index (κ1) is 23.6. The molecule has 0 saturated carbocycles. The van der Waals surface area contributed by atoms with Crippen LogP contribution in [0.2, 0.25) is 0 Å². The molecule has 2 aromatic carbocycles. The van der Waals surface area contributed by atoms with Crippen molar-refractivity contribution in [2.75, 3.05) is 49.5 Å². The lowest BCUT2D eigenvalue weighted by molar-refractivity contribution is -0.134. The van der Waals surface area contributed by atoms with Crippen molar-refractivity contribution in [1.29, 1.82) is 0 Å². The number of fused-ring (bicyclic) bond motifs is 2. The van der Waals surface area contributed by atoms with E-state index in [4.69, 9.17) is 4.74 Å². The van der Waals surface area contributed by atoms with E-state index in [0.717, 1.165) is 62.3 Å². The van der Waals surface area contributed by atoms with Gasteiger partial charge in [-0.25, -0.2) is 4.98 Å². The predicted molar refractivity (Wildman–Crippen MR) is 146 cm³/mol. The smallest absolute Gasteiger partial charge is 0.312 e. The first-order chi connectivity index (χ1) is 17.2. The molecule has 1 aliphatic rings. The Balaban J connectivity index is 1.05. The number of nitrogens with one attached hydrogen (secondary N) is 1. The van der Waals surface area contributed by atoms with Crippen molar-refractivity contribution < 1.29 is 9.53 Å². The minimum atomic E-state index is -0.271. The molecule has 0 unspecified atom stereocenters. The van der Waals surface area contributed by atoms with Crippen LogP contribution < -0.4 is 15.0 Å². The van der Waals surface area contributed by atoms with Gasteiger partial charge in [0, 0.05) is 72.1 Å². The molecule has 0 amide bonds. The van der Waals surface area contributed by atoms with Crippen LogP contribution in [0.3, 0.4) is 0 Å². The zero-order valence-corrected chi connectivity index (χ0v) is 21.0. The summed E-state index contributed by atoms with van der Waals surface area (Å²) in [5.74, 6) is 0.0842. The van der Waals surface area contributed by atoms with Gasteiger partial charge in [0.2, 0.25) is 5.88 Å². The molecule has 6 nitrogen and oxygen atoms in total. The summed E-state index contributed by atoms with van der Waals surface area (Å²) >= 11 is 1.82. The van der Waals surface area contributed by atoms with Gasteiger partial charge in [-0.3, -0.25) is 9.69 Å². The fourth-order valence-corrected chi connectivity index (χ4v) is 5.42. The van der Waals surface area contributed by atoms with Gasteiger partial charge >= 0.3 is 5.97 Å². The fourth-order valence-electron chi connectivity index (χ4n) is 4.61. The van der Waals surface area contributed by atoms with Gasteiger partial charge in [-0.05, 0) is 61.2 Å². The summed E-state index contributed by atoms with van der Waals surface area (Å²) in [7, 11) is 0. The van der Waals surface area contributed by atoms with E-state index in [2.05, 4.69) is 55.8 Å². The molecule has 0 atom stereocenters. The summed E-state index contributed by atoms with van der Waals surface area (Å²) in [4.78, 5) is 21.1. The number of hydrogen-bond acceptors (Lipinski definition) is 7. The number of carbonyl (C=O) groups excluding carboxylic acids is 1. The standard InChI is InChI=1S/C28H32N4O2S/c1-2-28(33)34-27-11-9-21-8-10-22(20-24(21)30-27)29-13-3-4-14-31-15-17-32(18-16-31)25-6-5-7-26-23(25)12-19-35-26/h5-12,19-20,29H,2-4,13-18H2,1H3. The number of nitrogens with zero attached hydrogens (tertiary/aromatic N) is 3. The highest BCUT2D eigenvalue weighted by atomic mass is 32.1. The van der Waals surface area contributed by atoms with Crippen LogP contribution in [0.4, 0.5) is 11.4 Å². The Labute approximate surface area is 210 Å². The predicted octanol–water partition coefficient (Wildman–Crippen LogP) is 5.78. The van der Waals surface area contributed by atoms with Crippen molar-refractivity contribution in [3.05, 3.63) is 60.0 Å². The molecular formula is C28H32N4O2S. The largest absolute Gasteiger partial charge is 0.407 e. The van der Waals surface area contributed by atoms with Gasteiger partial charge < -0.3 is 15.0 Å². The summed E-state index contributed by atoms with van der Waals surface area (Å²) in [5.41, 5.74) is 3.25. The van der Waals surface area contributed by atoms with Crippen LogP contribution in [0, 0.1) is 0 Å². The molecule has 0 spiro atoms. The Morgan fingerprint density at radius 2 is 1.91 bits per heavy atom. The number of benzene rings is 2. The van der Waals surface area contributed by atoms with Crippen molar-refractivity contribution in [2.24, 2.45) is 0 Å². The second-order valence-corrected chi connectivity index (χ2v) is 9.90. The number of anilines is 2. The summed E-state index contributed by atoms with van der Waals surface area (Å²) in [6.07, 6.45) is 2.63. The third kappa shape index (κ3) is 5.74. The first-order valence-electron chi connectivity index (χ1n) is 12.5. The lowest BCUT2D eigenvalue weighted by Gasteiger charge is -2.36. The maximum atomic E-state index is 11.5. The maximum Gasteiger partial charge on any atom is 0.312 e. The number of aromatic nitrogens is 1. The number of esters is 1. The molecule has 5 rings (SSSR count). The quantitative estimate of drug-likeness (QED) is 0.238. The summed E-state index contributed by atoms with van der Waals surface area (Å²) in [6.45, 7) is 8.27. The van der Waals surface area contributed by atoms with Crippen LogP contribution in [0.1, 0.15) is 26.2 Å². The average molecular weight is 489 g/mol. The highest BCUT2D eigenvalue weighted by Crippen LogP contribution is 2.31. The Morgan fingerprint density at radius 1 is 1.06 bits per heavy atom. The summed E-state index contributed by atoms with van der Waals surface area (Å²) < 4.78 is 6.63. The highest BCUT2D eigenvalue weighted by molar-refractivity contribution is 7.17. The van der Waals surface area contributed by atoms with E-state index in [9.17, 15) is 4.79 Å². The van der Waals surface area contributed by atoms with Crippen LogP contribution in [0.15, 0.2) is 60.0 Å². The number of carbonyl (C=O) groups is 1. The van der Waals surface area contributed by atoms with E-state index in [1.54, 1.807) is 13.0 Å². The van der Waals surface area contributed by atoms with E-state index in [0.29, 0.717) is 12.3 Å². The molecule has 1 aliphatic heterocycles. The van der Waals surface area contributed by atoms with Gasteiger partial charge in [-0.2, -0.15) is 0 Å². The minimum Gasteiger partial charge on any atom is -0.407 e. The van der Waals surface area contributed by atoms with Gasteiger partial charge in [0.05, 0.1) is 5.52 Å². The molecule has 1 fully saturated rings. The van der Waals surface area contributed by atoms with Crippen LogP contribution in [-0.2, 0) is 4.79 Å². The lowest BCUT2D eigenvalue weighted by atomic mass is 10.1. The topological polar surface area (TPSA) is 57.7 Å². The SMILES string of the molecule is CCC(=O)Oc1ccc2ccc(NCCCCN3CCN(c4cccc5sccc45)CC3)cc2n1. The number of thiophene rings is 1. The van der Waals surface area contributed by atoms with Crippen molar-refractivity contribution in [1.82, 2.24) is 9.88 Å². The third-order valence-corrected chi connectivity index (χ3v) is 7.47. The van der Waals surface area contributed by atoms with E-state index < -0.39 is 0 Å². The molecule has 4 aromatic rings. The molecule has 0 radical (unpaired) electrons. The fraction of sp³-hybridized carbons (Fsp3) is 0.357. The molecule has 35 heavy (non-hydrogen) atoms. The second-order valence-electron chi connectivity index (χ2n) is 8.96. The third-order valence-electron chi connectivity index (χ3n) is 6.59. The highest BCUT2D eigenvalue weighted by Gasteiger charge is 2.18. The van der Waals surface area contributed by atoms with E-state index in [1.807, 2.05) is 29.5 Å². The Hall–Kier alpha value is -3.16. The molecule has 7 heteroatoms. The normalized spacial score (nSPS) is 14.5.